The van der Waals surface area contributed by atoms with Gasteiger partial charge in [-0.2, -0.15) is 5.10 Å². The van der Waals surface area contributed by atoms with Gasteiger partial charge in [-0.05, 0) is 39.8 Å². The van der Waals surface area contributed by atoms with Crippen molar-refractivity contribution < 1.29 is 22.0 Å². The maximum absolute atomic E-state index is 15.5. The van der Waals surface area contributed by atoms with Crippen LogP contribution in [0.3, 0.4) is 0 Å². The average Bonchev–Trinajstić information content (AvgIpc) is 3.66. The van der Waals surface area contributed by atoms with Crippen molar-refractivity contribution in [2.24, 2.45) is 0 Å². The first-order valence-electron chi connectivity index (χ1n) is 12.0. The molecule has 204 valence electrons. The molecule has 0 spiro atoms. The number of ketones is 1. The molecule has 11 nitrogen and oxygen atoms in total. The van der Waals surface area contributed by atoms with E-state index in [1.807, 2.05) is 16.9 Å². The lowest BCUT2D eigenvalue weighted by atomic mass is 10.0. The van der Waals surface area contributed by atoms with Crippen LogP contribution in [-0.4, -0.2) is 50.0 Å². The molecule has 0 unspecified atom stereocenters. The summed E-state index contributed by atoms with van der Waals surface area (Å²) in [6, 6.07) is 18.8. The summed E-state index contributed by atoms with van der Waals surface area (Å²) in [5.41, 5.74) is 1.18. The Hall–Kier alpha value is -5.37. The van der Waals surface area contributed by atoms with Crippen LogP contribution >= 0.6 is 0 Å². The number of hydrogen-bond donors (Lipinski definition) is 3. The van der Waals surface area contributed by atoms with Crippen molar-refractivity contribution in [3.8, 4) is 22.5 Å². The molecule has 0 aliphatic rings. The molecular formula is C27H18F2N8O3S. The van der Waals surface area contributed by atoms with E-state index in [9.17, 15) is 17.6 Å². The van der Waals surface area contributed by atoms with Crippen molar-refractivity contribution in [1.82, 2.24) is 35.8 Å². The number of tetrazole rings is 1. The van der Waals surface area contributed by atoms with Gasteiger partial charge in [0.05, 0.1) is 16.7 Å². The summed E-state index contributed by atoms with van der Waals surface area (Å²) in [7, 11) is -4.20. The van der Waals surface area contributed by atoms with Crippen LogP contribution in [0.5, 0.6) is 0 Å². The van der Waals surface area contributed by atoms with Crippen LogP contribution in [0.15, 0.2) is 79.0 Å². The van der Waals surface area contributed by atoms with Gasteiger partial charge in [0.15, 0.2) is 17.3 Å². The zero-order chi connectivity index (χ0) is 28.6. The largest absolute Gasteiger partial charge is 0.287 e. The molecule has 0 atom stereocenters. The van der Waals surface area contributed by atoms with Gasteiger partial charge in [-0.15, -0.1) is 5.10 Å². The van der Waals surface area contributed by atoms with Crippen LogP contribution in [0.25, 0.3) is 33.5 Å². The van der Waals surface area contributed by atoms with Crippen LogP contribution in [0.4, 0.5) is 14.5 Å². The van der Waals surface area contributed by atoms with Crippen molar-refractivity contribution in [2.75, 3.05) is 4.72 Å². The van der Waals surface area contributed by atoms with Crippen LogP contribution in [0.1, 0.15) is 21.6 Å². The Morgan fingerprint density at radius 2 is 1.66 bits per heavy atom. The topological polar surface area (TPSA) is 159 Å². The molecule has 6 rings (SSSR count). The van der Waals surface area contributed by atoms with E-state index in [2.05, 4.69) is 35.8 Å². The first-order valence-corrected chi connectivity index (χ1v) is 13.7. The van der Waals surface area contributed by atoms with E-state index in [-0.39, 0.29) is 11.3 Å². The zero-order valence-corrected chi connectivity index (χ0v) is 21.7. The third kappa shape index (κ3) is 5.15. The standard InChI is InChI=1S/C27H18F2N8O3S/c28-21-11-10-19(22(29)24(21)35-41(39,40)14-15-4-2-1-3-5-15)25(38)23-20-12-18(13-30-27(20)32-31-23)16-6-8-17(9-7-16)26-33-36-37-34-26/h1-13,35H,14H2,(H,30,31,32)(H,33,34,36,37). The fourth-order valence-corrected chi connectivity index (χ4v) is 5.47. The number of nitrogens with zero attached hydrogens (tertiary/aromatic N) is 5. The summed E-state index contributed by atoms with van der Waals surface area (Å²) < 4.78 is 57.3. The van der Waals surface area contributed by atoms with E-state index in [4.69, 9.17) is 0 Å². The van der Waals surface area contributed by atoms with E-state index < -0.39 is 44.4 Å². The van der Waals surface area contributed by atoms with Gasteiger partial charge >= 0.3 is 0 Å². The van der Waals surface area contributed by atoms with Crippen LogP contribution in [-0.2, 0) is 15.8 Å². The summed E-state index contributed by atoms with van der Waals surface area (Å²) in [5, 5.41) is 20.6. The lowest BCUT2D eigenvalue weighted by Crippen LogP contribution is -2.18. The van der Waals surface area contributed by atoms with Crippen LogP contribution in [0, 0.1) is 11.6 Å². The lowest BCUT2D eigenvalue weighted by molar-refractivity contribution is 0.103. The minimum Gasteiger partial charge on any atom is -0.287 e. The predicted octanol–water partition coefficient (Wildman–Crippen LogP) is 4.26. The summed E-state index contributed by atoms with van der Waals surface area (Å²) >= 11 is 0. The highest BCUT2D eigenvalue weighted by Crippen LogP contribution is 2.29. The Morgan fingerprint density at radius 3 is 2.39 bits per heavy atom. The molecule has 3 aromatic carbocycles. The second-order valence-electron chi connectivity index (χ2n) is 8.98. The van der Waals surface area contributed by atoms with Gasteiger partial charge in [0.2, 0.25) is 15.8 Å². The molecule has 0 radical (unpaired) electrons. The number of nitrogens with one attached hydrogen (secondary N) is 3. The number of benzene rings is 3. The van der Waals surface area contributed by atoms with Gasteiger partial charge in [-0.1, -0.05) is 54.6 Å². The smallest absolute Gasteiger partial charge is 0.237 e. The van der Waals surface area contributed by atoms with Gasteiger partial charge < -0.3 is 0 Å². The highest BCUT2D eigenvalue weighted by atomic mass is 32.2. The third-order valence-electron chi connectivity index (χ3n) is 6.26. The minimum atomic E-state index is -4.20. The van der Waals surface area contributed by atoms with Crippen molar-refractivity contribution in [3.63, 3.8) is 0 Å². The Balaban J connectivity index is 1.31. The van der Waals surface area contributed by atoms with Gasteiger partial charge in [0.25, 0.3) is 0 Å². The number of aromatic amines is 2. The van der Waals surface area contributed by atoms with Gasteiger partial charge in [-0.25, -0.2) is 27.3 Å². The first kappa shape index (κ1) is 25.9. The number of aromatic nitrogens is 7. The molecule has 3 heterocycles. The zero-order valence-electron chi connectivity index (χ0n) is 20.8. The number of hydrogen-bond acceptors (Lipinski definition) is 8. The van der Waals surface area contributed by atoms with E-state index in [0.29, 0.717) is 22.3 Å². The number of H-pyrrole nitrogens is 2. The molecule has 0 saturated heterocycles. The van der Waals surface area contributed by atoms with Gasteiger partial charge in [0.1, 0.15) is 17.2 Å². The fraction of sp³-hybridized carbons (Fsp3) is 0.0370. The summed E-state index contributed by atoms with van der Waals surface area (Å²) in [6.07, 6.45) is 1.58. The molecule has 0 amide bonds. The lowest BCUT2D eigenvalue weighted by Gasteiger charge is -2.12. The normalized spacial score (nSPS) is 11.6. The van der Waals surface area contributed by atoms with E-state index in [1.165, 1.54) is 0 Å². The summed E-state index contributed by atoms with van der Waals surface area (Å²) in [5.74, 6) is -3.43. The van der Waals surface area contributed by atoms with Crippen molar-refractivity contribution in [2.45, 2.75) is 5.75 Å². The number of rotatable bonds is 8. The second kappa shape index (κ2) is 10.3. The summed E-state index contributed by atoms with van der Waals surface area (Å²) in [6.45, 7) is 0. The van der Waals surface area contributed by atoms with Crippen LogP contribution < -0.4 is 4.72 Å². The number of carbonyl (C=O) groups is 1. The highest BCUT2D eigenvalue weighted by molar-refractivity contribution is 7.91. The summed E-state index contributed by atoms with van der Waals surface area (Å²) in [4.78, 5) is 17.7. The fourth-order valence-electron chi connectivity index (χ4n) is 4.27. The molecule has 0 bridgehead atoms. The molecule has 3 aromatic heterocycles. The number of fused-ring (bicyclic) bond motifs is 1. The number of pyridine rings is 1. The number of anilines is 1. The van der Waals surface area contributed by atoms with E-state index in [1.54, 1.807) is 54.7 Å². The molecule has 0 aliphatic carbocycles. The second-order valence-corrected chi connectivity index (χ2v) is 10.7. The maximum atomic E-state index is 15.5. The molecule has 3 N–H and O–H groups in total. The first-order chi connectivity index (χ1) is 19.8. The molecule has 14 heteroatoms. The Morgan fingerprint density at radius 1 is 0.902 bits per heavy atom. The molecule has 0 saturated carbocycles. The Bertz CT molecular complexity index is 2000. The number of carbonyl (C=O) groups excluding carboxylic acids is 1. The average molecular weight is 573 g/mol. The van der Waals surface area contributed by atoms with Crippen molar-refractivity contribution in [3.05, 3.63) is 107 Å². The molecule has 0 aliphatic heterocycles. The third-order valence-corrected chi connectivity index (χ3v) is 7.49. The number of halogens is 2. The maximum Gasteiger partial charge on any atom is 0.237 e. The minimum absolute atomic E-state index is 0.165. The van der Waals surface area contributed by atoms with Crippen molar-refractivity contribution >= 4 is 32.5 Å². The highest BCUT2D eigenvalue weighted by Gasteiger charge is 2.26. The van der Waals surface area contributed by atoms with Gasteiger partial charge in [0, 0.05) is 17.3 Å². The molecule has 6 aromatic rings. The monoisotopic (exact) mass is 572 g/mol. The van der Waals surface area contributed by atoms with Crippen molar-refractivity contribution in [1.29, 1.82) is 0 Å². The van der Waals surface area contributed by atoms with E-state index in [0.717, 1.165) is 23.3 Å². The Labute approximate surface area is 230 Å². The van der Waals surface area contributed by atoms with E-state index >= 15 is 4.39 Å². The van der Waals surface area contributed by atoms with Crippen LogP contribution in [0.2, 0.25) is 0 Å². The molecular weight excluding hydrogens is 554 g/mol. The Kier molecular flexibility index (Phi) is 6.51. The molecule has 41 heavy (non-hydrogen) atoms. The quantitative estimate of drug-likeness (QED) is 0.228. The SMILES string of the molecule is O=C(c1ccc(F)c(NS(=O)(=O)Cc2ccccc2)c1F)c1n[nH]c2ncc(-c3ccc(-c4nnn[nH]4)cc3)cc12. The molecule has 0 fully saturated rings. The van der Waals surface area contributed by atoms with Gasteiger partial charge in [-0.3, -0.25) is 14.6 Å². The predicted molar refractivity (Wildman–Crippen MR) is 145 cm³/mol. The number of sulfonamides is 1.